The molecule has 0 spiro atoms. The van der Waals surface area contributed by atoms with E-state index >= 15 is 0 Å². The SMILES string of the molecule is Fc1ccc(C2=C[C@H](c3ccc(Br)cc3)n3ncnc3N2)cc1. The van der Waals surface area contributed by atoms with Gasteiger partial charge in [-0.2, -0.15) is 10.1 Å². The molecule has 4 nitrogen and oxygen atoms in total. The Kier molecular flexibility index (Phi) is 3.46. The number of allylic oxidation sites excluding steroid dienone is 1. The van der Waals surface area contributed by atoms with Crippen LogP contribution in [0.1, 0.15) is 17.2 Å². The molecule has 0 amide bonds. The standard InChI is InChI=1S/C17H12BrFN4/c18-13-5-1-12(2-6-13)16-9-15(11-3-7-14(19)8-4-11)22-17-20-10-21-23(16)17/h1-10,16H,(H,20,21,22)/t16-/m1/s1. The normalized spacial score (nSPS) is 16.4. The maximum absolute atomic E-state index is 13.2. The van der Waals surface area contributed by atoms with E-state index in [1.165, 1.54) is 18.5 Å². The molecule has 23 heavy (non-hydrogen) atoms. The Hall–Kier alpha value is -2.47. The van der Waals surface area contributed by atoms with Crippen LogP contribution < -0.4 is 5.32 Å². The van der Waals surface area contributed by atoms with Crippen LogP contribution in [0.3, 0.4) is 0 Å². The second kappa shape index (κ2) is 5.62. The van der Waals surface area contributed by atoms with Crippen molar-refractivity contribution in [2.24, 2.45) is 0 Å². The molecule has 0 unspecified atom stereocenters. The van der Waals surface area contributed by atoms with Crippen LogP contribution in [0.2, 0.25) is 0 Å². The van der Waals surface area contributed by atoms with E-state index < -0.39 is 0 Å². The molecule has 0 bridgehead atoms. The summed E-state index contributed by atoms with van der Waals surface area (Å²) < 4.78 is 16.0. The average Bonchev–Trinajstić information content (AvgIpc) is 3.04. The maximum atomic E-state index is 13.2. The second-order valence-corrected chi connectivity index (χ2v) is 6.15. The van der Waals surface area contributed by atoms with Gasteiger partial charge in [0.15, 0.2) is 0 Å². The number of hydrogen-bond acceptors (Lipinski definition) is 3. The van der Waals surface area contributed by atoms with Crippen molar-refractivity contribution in [2.45, 2.75) is 6.04 Å². The fourth-order valence-corrected chi connectivity index (χ4v) is 2.89. The lowest BCUT2D eigenvalue weighted by Crippen LogP contribution is -2.20. The Morgan fingerprint density at radius 1 is 1.04 bits per heavy atom. The van der Waals surface area contributed by atoms with Crippen molar-refractivity contribution in [3.8, 4) is 0 Å². The first-order valence-corrected chi connectivity index (χ1v) is 7.90. The molecule has 4 rings (SSSR count). The lowest BCUT2D eigenvalue weighted by atomic mass is 10.0. The van der Waals surface area contributed by atoms with Crippen LogP contribution in [0.5, 0.6) is 0 Å². The Morgan fingerprint density at radius 3 is 2.52 bits per heavy atom. The summed E-state index contributed by atoms with van der Waals surface area (Å²) in [7, 11) is 0. The number of nitrogens with one attached hydrogen (secondary N) is 1. The van der Waals surface area contributed by atoms with Gasteiger partial charge in [-0.15, -0.1) is 0 Å². The highest BCUT2D eigenvalue weighted by Gasteiger charge is 2.23. The van der Waals surface area contributed by atoms with Crippen LogP contribution in [-0.4, -0.2) is 14.8 Å². The second-order valence-electron chi connectivity index (χ2n) is 5.24. The highest BCUT2D eigenvalue weighted by molar-refractivity contribution is 9.10. The number of fused-ring (bicyclic) bond motifs is 1. The van der Waals surface area contributed by atoms with Crippen molar-refractivity contribution in [2.75, 3.05) is 5.32 Å². The van der Waals surface area contributed by atoms with Crippen LogP contribution in [0.15, 0.2) is 65.4 Å². The largest absolute Gasteiger partial charge is 0.324 e. The third-order valence-corrected chi connectivity index (χ3v) is 4.30. The van der Waals surface area contributed by atoms with Crippen LogP contribution in [0, 0.1) is 5.82 Å². The highest BCUT2D eigenvalue weighted by Crippen LogP contribution is 2.32. The molecule has 1 N–H and O–H groups in total. The summed E-state index contributed by atoms with van der Waals surface area (Å²) in [6.07, 6.45) is 3.59. The van der Waals surface area contributed by atoms with E-state index in [1.807, 2.05) is 28.9 Å². The topological polar surface area (TPSA) is 42.7 Å². The quantitative estimate of drug-likeness (QED) is 0.733. The first kappa shape index (κ1) is 14.1. The molecule has 2 aromatic carbocycles. The number of halogens is 2. The molecule has 0 radical (unpaired) electrons. The van der Waals surface area contributed by atoms with Gasteiger partial charge in [-0.05, 0) is 53.6 Å². The predicted molar refractivity (Wildman–Crippen MR) is 90.3 cm³/mol. The lowest BCUT2D eigenvalue weighted by Gasteiger charge is -2.24. The summed E-state index contributed by atoms with van der Waals surface area (Å²) in [6, 6.07) is 14.4. The minimum atomic E-state index is -0.252. The fraction of sp³-hybridized carbons (Fsp3) is 0.0588. The Morgan fingerprint density at radius 2 is 1.78 bits per heavy atom. The number of nitrogens with zero attached hydrogens (tertiary/aromatic N) is 3. The maximum Gasteiger partial charge on any atom is 0.226 e. The highest BCUT2D eigenvalue weighted by atomic mass is 79.9. The van der Waals surface area contributed by atoms with Crippen molar-refractivity contribution in [1.29, 1.82) is 0 Å². The summed E-state index contributed by atoms with van der Waals surface area (Å²) in [5, 5.41) is 7.55. The zero-order valence-electron chi connectivity index (χ0n) is 11.9. The van der Waals surface area contributed by atoms with Crippen LogP contribution in [-0.2, 0) is 0 Å². The molecule has 2 heterocycles. The molecule has 0 saturated carbocycles. The van der Waals surface area contributed by atoms with Crippen LogP contribution in [0.25, 0.3) is 5.70 Å². The van der Waals surface area contributed by atoms with Gasteiger partial charge >= 0.3 is 0 Å². The van der Waals surface area contributed by atoms with Crippen molar-refractivity contribution in [3.05, 3.63) is 82.4 Å². The summed E-state index contributed by atoms with van der Waals surface area (Å²) in [6.45, 7) is 0. The van der Waals surface area contributed by atoms with Gasteiger partial charge in [0.05, 0.1) is 0 Å². The third kappa shape index (κ3) is 2.66. The molecule has 1 aliphatic heterocycles. The van der Waals surface area contributed by atoms with Crippen molar-refractivity contribution < 1.29 is 4.39 Å². The predicted octanol–water partition coefficient (Wildman–Crippen LogP) is 4.24. The van der Waals surface area contributed by atoms with Gasteiger partial charge < -0.3 is 5.32 Å². The number of hydrogen-bond donors (Lipinski definition) is 1. The summed E-state index contributed by atoms with van der Waals surface area (Å²) in [4.78, 5) is 4.26. The van der Waals surface area contributed by atoms with E-state index in [9.17, 15) is 4.39 Å². The summed E-state index contributed by atoms with van der Waals surface area (Å²) in [5.74, 6) is 0.414. The van der Waals surface area contributed by atoms with E-state index in [0.29, 0.717) is 5.95 Å². The van der Waals surface area contributed by atoms with Crippen LogP contribution >= 0.6 is 15.9 Å². The van der Waals surface area contributed by atoms with Gasteiger partial charge in [0, 0.05) is 10.2 Å². The number of aromatic nitrogens is 3. The molecule has 3 aromatic rings. The van der Waals surface area contributed by atoms with Gasteiger partial charge in [-0.3, -0.25) is 0 Å². The molecule has 0 saturated heterocycles. The molecule has 1 aromatic heterocycles. The fourth-order valence-electron chi connectivity index (χ4n) is 2.63. The van der Waals surface area contributed by atoms with Crippen molar-refractivity contribution in [1.82, 2.24) is 14.8 Å². The molecular weight excluding hydrogens is 359 g/mol. The van der Waals surface area contributed by atoms with Crippen LogP contribution in [0.4, 0.5) is 10.3 Å². The van der Waals surface area contributed by atoms with E-state index in [-0.39, 0.29) is 11.9 Å². The third-order valence-electron chi connectivity index (χ3n) is 3.77. The van der Waals surface area contributed by atoms with Gasteiger partial charge in [0.25, 0.3) is 0 Å². The zero-order valence-corrected chi connectivity index (χ0v) is 13.5. The molecule has 0 aliphatic carbocycles. The molecular formula is C17H12BrFN4. The minimum Gasteiger partial charge on any atom is -0.324 e. The number of rotatable bonds is 2. The summed E-state index contributed by atoms with van der Waals surface area (Å²) in [5.41, 5.74) is 2.89. The molecule has 1 atom stereocenters. The monoisotopic (exact) mass is 370 g/mol. The van der Waals surface area contributed by atoms with Crippen molar-refractivity contribution in [3.63, 3.8) is 0 Å². The molecule has 114 valence electrons. The van der Waals surface area contributed by atoms with Gasteiger partial charge in [-0.1, -0.05) is 28.1 Å². The Balaban J connectivity index is 1.79. The molecule has 1 aliphatic rings. The number of benzene rings is 2. The smallest absolute Gasteiger partial charge is 0.226 e. The molecule has 6 heteroatoms. The summed E-state index contributed by atoms with van der Waals surface area (Å²) >= 11 is 3.45. The van der Waals surface area contributed by atoms with E-state index in [2.05, 4.69) is 37.4 Å². The first-order chi connectivity index (χ1) is 11.2. The van der Waals surface area contributed by atoms with Gasteiger partial charge in [0.1, 0.15) is 18.2 Å². The zero-order chi connectivity index (χ0) is 15.8. The Bertz CT molecular complexity index is 868. The first-order valence-electron chi connectivity index (χ1n) is 7.10. The lowest BCUT2D eigenvalue weighted by molar-refractivity contribution is 0.611. The van der Waals surface area contributed by atoms with E-state index in [0.717, 1.165) is 21.3 Å². The number of anilines is 1. The minimum absolute atomic E-state index is 0.0677. The molecule has 0 fully saturated rings. The Labute approximate surface area is 140 Å². The van der Waals surface area contributed by atoms with E-state index in [4.69, 9.17) is 0 Å². The van der Waals surface area contributed by atoms with Gasteiger partial charge in [0.2, 0.25) is 5.95 Å². The van der Waals surface area contributed by atoms with E-state index in [1.54, 1.807) is 12.1 Å². The van der Waals surface area contributed by atoms with Crippen molar-refractivity contribution >= 4 is 27.6 Å². The average molecular weight is 371 g/mol. The van der Waals surface area contributed by atoms with Gasteiger partial charge in [-0.25, -0.2) is 9.07 Å².